The second-order valence-electron chi connectivity index (χ2n) is 2.81. The molecule has 0 bridgehead atoms. The average molecular weight is 286 g/mol. The number of nitrogens with one attached hydrogen (secondary N) is 2. The molecule has 4 nitrogen and oxygen atoms in total. The zero-order chi connectivity index (χ0) is 11.6. The maximum absolute atomic E-state index is 12.1. The molecule has 0 aliphatic heterocycles. The number of hydrogen-bond acceptors (Lipinski definition) is 2. The maximum Gasteiger partial charge on any atom is 0.408 e. The van der Waals surface area contributed by atoms with Gasteiger partial charge >= 0.3 is 6.18 Å². The van der Waals surface area contributed by atoms with Crippen molar-refractivity contribution < 1.29 is 18.0 Å². The predicted molar refractivity (Wildman–Crippen MR) is 49.3 cm³/mol. The van der Waals surface area contributed by atoms with Crippen LogP contribution in [0.2, 0.25) is 0 Å². The Morgan fingerprint density at radius 1 is 1.67 bits per heavy atom. The van der Waals surface area contributed by atoms with Crippen LogP contribution in [0, 0.1) is 0 Å². The molecule has 1 rings (SSSR count). The van der Waals surface area contributed by atoms with Gasteiger partial charge in [0.25, 0.3) is 5.91 Å². The van der Waals surface area contributed by atoms with Gasteiger partial charge in [-0.2, -0.15) is 13.2 Å². The summed E-state index contributed by atoms with van der Waals surface area (Å²) in [5.74, 6) is -1.07. The molecule has 1 atom stereocenters. The molecule has 8 heteroatoms. The molecule has 0 saturated carbocycles. The van der Waals surface area contributed by atoms with Crippen molar-refractivity contribution in [3.8, 4) is 0 Å². The summed E-state index contributed by atoms with van der Waals surface area (Å²) in [6.45, 7) is 0.857. The van der Waals surface area contributed by atoms with E-state index in [0.717, 1.165) is 6.92 Å². The first kappa shape index (κ1) is 12.0. The Bertz CT molecular complexity index is 363. The molecule has 0 aliphatic carbocycles. The molecule has 0 spiro atoms. The van der Waals surface area contributed by atoms with Crippen LogP contribution in [-0.2, 0) is 0 Å². The summed E-state index contributed by atoms with van der Waals surface area (Å²) in [5.41, 5.74) is 0. The van der Waals surface area contributed by atoms with Crippen LogP contribution in [0.15, 0.2) is 10.8 Å². The summed E-state index contributed by atoms with van der Waals surface area (Å²) in [6, 6.07) is -1.91. The molecular weight excluding hydrogens is 279 g/mol. The van der Waals surface area contributed by atoms with Gasteiger partial charge in [0.1, 0.15) is 10.6 Å². The fourth-order valence-electron chi connectivity index (χ4n) is 0.762. The quantitative estimate of drug-likeness (QED) is 0.871. The SMILES string of the molecule is CC(NC(=O)c1nc(Br)c[nH]1)C(F)(F)F. The van der Waals surface area contributed by atoms with Gasteiger partial charge < -0.3 is 10.3 Å². The van der Waals surface area contributed by atoms with E-state index in [9.17, 15) is 18.0 Å². The Hall–Kier alpha value is -1.05. The molecule has 84 valence electrons. The van der Waals surface area contributed by atoms with Crippen molar-refractivity contribution in [2.75, 3.05) is 0 Å². The summed E-state index contributed by atoms with van der Waals surface area (Å²) in [7, 11) is 0. The number of hydrogen-bond donors (Lipinski definition) is 2. The van der Waals surface area contributed by atoms with E-state index in [1.165, 1.54) is 6.20 Å². The number of carbonyl (C=O) groups is 1. The first-order valence-corrected chi connectivity index (χ1v) is 4.68. The molecule has 0 saturated heterocycles. The fourth-order valence-corrected chi connectivity index (χ4v) is 1.05. The van der Waals surface area contributed by atoms with Crippen molar-refractivity contribution in [3.63, 3.8) is 0 Å². The van der Waals surface area contributed by atoms with E-state index >= 15 is 0 Å². The molecule has 1 heterocycles. The van der Waals surface area contributed by atoms with E-state index in [2.05, 4.69) is 25.9 Å². The van der Waals surface area contributed by atoms with E-state index < -0.39 is 18.1 Å². The summed E-state index contributed by atoms with van der Waals surface area (Å²) >= 11 is 2.96. The lowest BCUT2D eigenvalue weighted by Gasteiger charge is -2.16. The molecule has 0 aromatic carbocycles. The minimum Gasteiger partial charge on any atom is -0.339 e. The van der Waals surface area contributed by atoms with Crippen LogP contribution in [0.3, 0.4) is 0 Å². The van der Waals surface area contributed by atoms with Gasteiger partial charge in [-0.1, -0.05) is 0 Å². The number of H-pyrrole nitrogens is 1. The molecule has 0 aliphatic rings. The Kier molecular flexibility index (Phi) is 3.38. The van der Waals surface area contributed by atoms with Gasteiger partial charge in [-0.05, 0) is 22.9 Å². The highest BCUT2D eigenvalue weighted by molar-refractivity contribution is 9.10. The summed E-state index contributed by atoms with van der Waals surface area (Å²) in [4.78, 5) is 17.2. The van der Waals surface area contributed by atoms with Crippen molar-refractivity contribution in [1.29, 1.82) is 0 Å². The second-order valence-corrected chi connectivity index (χ2v) is 3.62. The molecule has 1 unspecified atom stereocenters. The average Bonchev–Trinajstić information content (AvgIpc) is 2.50. The van der Waals surface area contributed by atoms with Crippen LogP contribution >= 0.6 is 15.9 Å². The lowest BCUT2D eigenvalue weighted by Crippen LogP contribution is -2.43. The van der Waals surface area contributed by atoms with Crippen LogP contribution in [0.4, 0.5) is 13.2 Å². The Labute approximate surface area is 91.4 Å². The van der Waals surface area contributed by atoms with Gasteiger partial charge in [0.15, 0.2) is 5.82 Å². The highest BCUT2D eigenvalue weighted by Gasteiger charge is 2.37. The fraction of sp³-hybridized carbons (Fsp3) is 0.429. The van der Waals surface area contributed by atoms with Gasteiger partial charge in [0.2, 0.25) is 0 Å². The molecule has 1 aromatic heterocycles. The number of nitrogens with zero attached hydrogens (tertiary/aromatic N) is 1. The van der Waals surface area contributed by atoms with E-state index in [1.807, 2.05) is 0 Å². The standard InChI is InChI=1S/C7H7BrF3N3O/c1-3(7(9,10)11)13-6(15)5-12-2-4(8)14-5/h2-3H,1H3,(H,12,14)(H,13,15). The van der Waals surface area contributed by atoms with Crippen LogP contribution in [-0.4, -0.2) is 28.1 Å². The number of aromatic nitrogens is 2. The van der Waals surface area contributed by atoms with Gasteiger partial charge in [-0.3, -0.25) is 4.79 Å². The number of rotatable bonds is 2. The highest BCUT2D eigenvalue weighted by Crippen LogP contribution is 2.19. The molecule has 1 amide bonds. The lowest BCUT2D eigenvalue weighted by atomic mass is 10.3. The van der Waals surface area contributed by atoms with Gasteiger partial charge in [0, 0.05) is 6.20 Å². The summed E-state index contributed by atoms with van der Waals surface area (Å²) < 4.78 is 36.6. The predicted octanol–water partition coefficient (Wildman–Crippen LogP) is 1.85. The van der Waals surface area contributed by atoms with Crippen LogP contribution in [0.5, 0.6) is 0 Å². The zero-order valence-corrected chi connectivity index (χ0v) is 9.11. The van der Waals surface area contributed by atoms with Crippen LogP contribution in [0.1, 0.15) is 17.5 Å². The third-order valence-electron chi connectivity index (χ3n) is 1.60. The number of imidazole rings is 1. The topological polar surface area (TPSA) is 57.8 Å². The third-order valence-corrected chi connectivity index (χ3v) is 2.01. The second kappa shape index (κ2) is 4.21. The van der Waals surface area contributed by atoms with E-state index in [-0.39, 0.29) is 5.82 Å². The number of alkyl halides is 3. The minimum atomic E-state index is -4.46. The van der Waals surface area contributed by atoms with Gasteiger partial charge in [-0.25, -0.2) is 4.98 Å². The number of carbonyl (C=O) groups excluding carboxylic acids is 1. The zero-order valence-electron chi connectivity index (χ0n) is 7.52. The van der Waals surface area contributed by atoms with Crippen molar-refractivity contribution in [2.45, 2.75) is 19.1 Å². The van der Waals surface area contributed by atoms with Crippen molar-refractivity contribution in [1.82, 2.24) is 15.3 Å². The maximum atomic E-state index is 12.1. The highest BCUT2D eigenvalue weighted by atomic mass is 79.9. The minimum absolute atomic E-state index is 0.169. The normalized spacial score (nSPS) is 13.7. The van der Waals surface area contributed by atoms with Crippen molar-refractivity contribution >= 4 is 21.8 Å². The first-order chi connectivity index (χ1) is 6.80. The molecule has 15 heavy (non-hydrogen) atoms. The number of aromatic amines is 1. The Morgan fingerprint density at radius 2 is 2.27 bits per heavy atom. The largest absolute Gasteiger partial charge is 0.408 e. The molecule has 1 aromatic rings. The number of amides is 1. The Morgan fingerprint density at radius 3 is 2.67 bits per heavy atom. The molecule has 2 N–H and O–H groups in total. The smallest absolute Gasteiger partial charge is 0.339 e. The van der Waals surface area contributed by atoms with E-state index in [0.29, 0.717) is 4.60 Å². The number of halogens is 4. The van der Waals surface area contributed by atoms with Gasteiger partial charge in [-0.15, -0.1) is 0 Å². The monoisotopic (exact) mass is 285 g/mol. The Balaban J connectivity index is 2.64. The first-order valence-electron chi connectivity index (χ1n) is 3.89. The summed E-state index contributed by atoms with van der Waals surface area (Å²) in [5, 5.41) is 1.77. The lowest BCUT2D eigenvalue weighted by molar-refractivity contribution is -0.149. The van der Waals surface area contributed by atoms with E-state index in [1.54, 1.807) is 5.32 Å². The third kappa shape index (κ3) is 3.22. The van der Waals surface area contributed by atoms with Crippen LogP contribution < -0.4 is 5.32 Å². The van der Waals surface area contributed by atoms with Gasteiger partial charge in [0.05, 0.1) is 0 Å². The van der Waals surface area contributed by atoms with Crippen LogP contribution in [0.25, 0.3) is 0 Å². The summed E-state index contributed by atoms with van der Waals surface area (Å²) in [6.07, 6.45) is -3.10. The van der Waals surface area contributed by atoms with Crippen molar-refractivity contribution in [2.24, 2.45) is 0 Å². The molecule has 0 fully saturated rings. The van der Waals surface area contributed by atoms with Crippen molar-refractivity contribution in [3.05, 3.63) is 16.6 Å². The molecular formula is C7H7BrF3N3O. The molecule has 0 radical (unpaired) electrons. The van der Waals surface area contributed by atoms with E-state index in [4.69, 9.17) is 0 Å².